The van der Waals surface area contributed by atoms with Gasteiger partial charge in [0.05, 0.1) is 16.3 Å². The van der Waals surface area contributed by atoms with Gasteiger partial charge in [0.25, 0.3) is 0 Å². The Kier molecular flexibility index (Phi) is 5.46. The van der Waals surface area contributed by atoms with E-state index in [0.717, 1.165) is 33.1 Å². The van der Waals surface area contributed by atoms with E-state index in [1.807, 2.05) is 31.2 Å². The van der Waals surface area contributed by atoms with Crippen molar-refractivity contribution in [3.63, 3.8) is 0 Å². The molecule has 12 heteroatoms. The molecule has 0 bridgehead atoms. The quantitative estimate of drug-likeness (QED) is 0.411. The SMILES string of the molecule is Cc1nnc(-c2ccc(-n3nc(Br)c4cnc(N[C@@H]5CCC(S(C)(=O)=O)C5)nc43)cc2)s1. The number of aryl methyl sites for hydroxylation is 1. The normalized spacial score (nSPS) is 19.0. The van der Waals surface area contributed by atoms with Crippen LogP contribution in [0.25, 0.3) is 27.3 Å². The Morgan fingerprint density at radius 2 is 1.97 bits per heavy atom. The third kappa shape index (κ3) is 4.14. The minimum Gasteiger partial charge on any atom is -0.351 e. The van der Waals surface area contributed by atoms with Crippen molar-refractivity contribution in [3.8, 4) is 16.3 Å². The van der Waals surface area contributed by atoms with E-state index in [-0.39, 0.29) is 11.3 Å². The Bertz CT molecular complexity index is 1400. The first-order chi connectivity index (χ1) is 15.3. The van der Waals surface area contributed by atoms with Crippen molar-refractivity contribution in [2.45, 2.75) is 37.5 Å². The van der Waals surface area contributed by atoms with Gasteiger partial charge in [0.15, 0.2) is 5.65 Å². The van der Waals surface area contributed by atoms with E-state index in [1.54, 1.807) is 22.2 Å². The van der Waals surface area contributed by atoms with Gasteiger partial charge in [-0.2, -0.15) is 10.1 Å². The van der Waals surface area contributed by atoms with Crippen LogP contribution in [0.2, 0.25) is 0 Å². The fourth-order valence-corrected chi connectivity index (χ4v) is 6.20. The molecule has 1 fully saturated rings. The summed E-state index contributed by atoms with van der Waals surface area (Å²) in [5.41, 5.74) is 2.51. The van der Waals surface area contributed by atoms with Crippen LogP contribution >= 0.6 is 27.3 Å². The molecule has 1 saturated carbocycles. The number of sulfone groups is 1. The molecule has 1 aliphatic rings. The fraction of sp³-hybridized carbons (Fsp3) is 0.350. The van der Waals surface area contributed by atoms with Crippen LogP contribution in [0.5, 0.6) is 0 Å². The monoisotopic (exact) mass is 533 g/mol. The Labute approximate surface area is 197 Å². The molecule has 2 atom stereocenters. The number of anilines is 1. The van der Waals surface area contributed by atoms with E-state index in [0.29, 0.717) is 29.0 Å². The maximum atomic E-state index is 11.8. The predicted molar refractivity (Wildman–Crippen MR) is 128 cm³/mol. The van der Waals surface area contributed by atoms with E-state index in [4.69, 9.17) is 0 Å². The van der Waals surface area contributed by atoms with Crippen molar-refractivity contribution >= 4 is 54.1 Å². The number of halogens is 1. The van der Waals surface area contributed by atoms with Crippen LogP contribution in [0.3, 0.4) is 0 Å². The molecule has 1 aromatic carbocycles. The van der Waals surface area contributed by atoms with Gasteiger partial charge in [-0.25, -0.2) is 18.1 Å². The zero-order chi connectivity index (χ0) is 22.5. The minimum absolute atomic E-state index is 0.0293. The highest BCUT2D eigenvalue weighted by molar-refractivity contribution is 9.10. The van der Waals surface area contributed by atoms with E-state index >= 15 is 0 Å². The van der Waals surface area contributed by atoms with Crippen molar-refractivity contribution in [1.29, 1.82) is 0 Å². The van der Waals surface area contributed by atoms with Crippen LogP contribution in [0.1, 0.15) is 24.3 Å². The van der Waals surface area contributed by atoms with E-state index in [2.05, 4.69) is 46.5 Å². The highest BCUT2D eigenvalue weighted by atomic mass is 79.9. The molecule has 0 radical (unpaired) electrons. The van der Waals surface area contributed by atoms with Gasteiger partial charge in [0, 0.05) is 24.1 Å². The third-order valence-electron chi connectivity index (χ3n) is 5.59. The molecule has 5 rings (SSSR count). The zero-order valence-corrected chi connectivity index (χ0v) is 20.6. The van der Waals surface area contributed by atoms with Crippen LogP contribution in [0.15, 0.2) is 35.1 Å². The highest BCUT2D eigenvalue weighted by Crippen LogP contribution is 2.30. The second-order valence-corrected chi connectivity index (χ2v) is 12.2. The first kappa shape index (κ1) is 21.4. The largest absolute Gasteiger partial charge is 0.351 e. The molecule has 9 nitrogen and oxygen atoms in total. The topological polar surface area (TPSA) is 116 Å². The van der Waals surface area contributed by atoms with Gasteiger partial charge in [-0.1, -0.05) is 11.3 Å². The van der Waals surface area contributed by atoms with Gasteiger partial charge >= 0.3 is 0 Å². The summed E-state index contributed by atoms with van der Waals surface area (Å²) in [5, 5.41) is 18.4. The Morgan fingerprint density at radius 3 is 2.62 bits per heavy atom. The van der Waals surface area contributed by atoms with Crippen molar-refractivity contribution in [2.24, 2.45) is 0 Å². The minimum atomic E-state index is -3.03. The summed E-state index contributed by atoms with van der Waals surface area (Å²) in [7, 11) is -3.03. The van der Waals surface area contributed by atoms with Crippen LogP contribution in [-0.4, -0.2) is 55.9 Å². The molecule has 3 heterocycles. The Morgan fingerprint density at radius 1 is 1.19 bits per heavy atom. The van der Waals surface area contributed by atoms with Crippen LogP contribution in [0, 0.1) is 6.92 Å². The maximum Gasteiger partial charge on any atom is 0.224 e. The first-order valence-electron chi connectivity index (χ1n) is 10.1. The fourth-order valence-electron chi connectivity index (χ4n) is 3.92. The summed E-state index contributed by atoms with van der Waals surface area (Å²) >= 11 is 5.04. The summed E-state index contributed by atoms with van der Waals surface area (Å²) in [6.45, 7) is 1.93. The summed E-state index contributed by atoms with van der Waals surface area (Å²) in [5.74, 6) is 0.464. The highest BCUT2D eigenvalue weighted by Gasteiger charge is 2.32. The summed E-state index contributed by atoms with van der Waals surface area (Å²) in [6, 6.07) is 7.94. The number of benzene rings is 1. The third-order valence-corrected chi connectivity index (χ3v) is 8.70. The van der Waals surface area contributed by atoms with Crippen molar-refractivity contribution in [1.82, 2.24) is 29.9 Å². The molecular weight excluding hydrogens is 514 g/mol. The molecule has 1 aliphatic carbocycles. The lowest BCUT2D eigenvalue weighted by Gasteiger charge is -2.13. The lowest BCUT2D eigenvalue weighted by Crippen LogP contribution is -2.21. The van der Waals surface area contributed by atoms with Gasteiger partial charge in [0.2, 0.25) is 5.95 Å². The first-order valence-corrected chi connectivity index (χ1v) is 13.6. The lowest BCUT2D eigenvalue weighted by atomic mass is 10.2. The number of aromatic nitrogens is 6. The van der Waals surface area contributed by atoms with Gasteiger partial charge in [-0.05, 0) is 66.4 Å². The molecule has 0 aliphatic heterocycles. The zero-order valence-electron chi connectivity index (χ0n) is 17.4. The van der Waals surface area contributed by atoms with E-state index in [9.17, 15) is 8.42 Å². The summed E-state index contributed by atoms with van der Waals surface area (Å²) in [4.78, 5) is 9.10. The number of hydrogen-bond acceptors (Lipinski definition) is 9. The molecular formula is C20H20BrN7O2S2. The Balaban J connectivity index is 1.43. The van der Waals surface area contributed by atoms with Gasteiger partial charge < -0.3 is 5.32 Å². The van der Waals surface area contributed by atoms with Crippen LogP contribution < -0.4 is 5.32 Å². The maximum absolute atomic E-state index is 11.8. The van der Waals surface area contributed by atoms with Gasteiger partial charge in [-0.15, -0.1) is 10.2 Å². The number of nitrogens with one attached hydrogen (secondary N) is 1. The molecule has 0 saturated heterocycles. The van der Waals surface area contributed by atoms with E-state index in [1.165, 1.54) is 6.26 Å². The molecule has 32 heavy (non-hydrogen) atoms. The number of nitrogens with zero attached hydrogens (tertiary/aromatic N) is 6. The standard InChI is InChI=1S/C20H20BrN7O2S2/c1-11-25-26-19(31-11)12-3-6-14(7-4-12)28-18-16(17(21)27-28)10-22-20(24-18)23-13-5-8-15(9-13)32(2,29)30/h3-4,6-7,10,13,15H,5,8-9H2,1-2H3,(H,22,23,24)/t13-,15?/m1/s1. The predicted octanol–water partition coefficient (Wildman–Crippen LogP) is 3.78. The molecule has 1 N–H and O–H groups in total. The van der Waals surface area contributed by atoms with E-state index < -0.39 is 9.84 Å². The van der Waals surface area contributed by atoms with Crippen molar-refractivity contribution in [3.05, 3.63) is 40.1 Å². The second kappa shape index (κ2) is 8.16. The van der Waals surface area contributed by atoms with Crippen LogP contribution in [0.4, 0.5) is 5.95 Å². The molecule has 4 aromatic rings. The number of fused-ring (bicyclic) bond motifs is 1. The average Bonchev–Trinajstić information content (AvgIpc) is 3.47. The van der Waals surface area contributed by atoms with Crippen LogP contribution in [-0.2, 0) is 9.84 Å². The smallest absolute Gasteiger partial charge is 0.224 e. The van der Waals surface area contributed by atoms with Gasteiger partial charge in [-0.3, -0.25) is 0 Å². The Hall–Kier alpha value is -2.44. The average molecular weight is 534 g/mol. The number of hydrogen-bond donors (Lipinski definition) is 1. The number of rotatable bonds is 5. The lowest BCUT2D eigenvalue weighted by molar-refractivity contribution is 0.585. The van der Waals surface area contributed by atoms with Gasteiger partial charge in [0.1, 0.15) is 24.5 Å². The molecule has 166 valence electrons. The summed E-state index contributed by atoms with van der Waals surface area (Å²) < 4.78 is 26.1. The molecule has 0 spiro atoms. The second-order valence-electron chi connectivity index (χ2n) is 7.91. The summed E-state index contributed by atoms with van der Waals surface area (Å²) in [6.07, 6.45) is 5.02. The molecule has 3 aromatic heterocycles. The molecule has 1 unspecified atom stereocenters. The van der Waals surface area contributed by atoms with Crippen molar-refractivity contribution in [2.75, 3.05) is 11.6 Å². The van der Waals surface area contributed by atoms with Crippen molar-refractivity contribution < 1.29 is 8.42 Å². The molecule has 0 amide bonds.